The molecule has 8 nitrogen and oxygen atoms in total. The van der Waals surface area contributed by atoms with Crippen LogP contribution in [0.15, 0.2) is 48.7 Å². The highest BCUT2D eigenvalue weighted by molar-refractivity contribution is 5.81. The summed E-state index contributed by atoms with van der Waals surface area (Å²) in [7, 11) is 1.73. The number of halogens is 2. The molecule has 0 aliphatic rings. The smallest absolute Gasteiger partial charge is 0.228 e. The number of hydrogen-bond donors (Lipinski definition) is 3. The van der Waals surface area contributed by atoms with Gasteiger partial charge in [0.15, 0.2) is 5.65 Å². The van der Waals surface area contributed by atoms with Gasteiger partial charge in [-0.2, -0.15) is 0 Å². The lowest BCUT2D eigenvalue weighted by atomic mass is 9.95. The third kappa shape index (κ3) is 6.08. The molecule has 10 heteroatoms. The van der Waals surface area contributed by atoms with Gasteiger partial charge in [-0.25, -0.2) is 13.8 Å². The molecule has 3 heterocycles. The van der Waals surface area contributed by atoms with E-state index in [1.165, 1.54) is 19.1 Å². The fourth-order valence-corrected chi connectivity index (χ4v) is 3.98. The second-order valence-corrected chi connectivity index (χ2v) is 9.06. The number of benzene rings is 1. The van der Waals surface area contributed by atoms with Crippen LogP contribution in [-0.2, 0) is 11.2 Å². The first-order valence-corrected chi connectivity index (χ1v) is 11.5. The van der Waals surface area contributed by atoms with E-state index < -0.39 is 23.3 Å². The summed E-state index contributed by atoms with van der Waals surface area (Å²) in [6, 6.07) is 9.63. The van der Waals surface area contributed by atoms with Gasteiger partial charge in [0, 0.05) is 37.4 Å². The summed E-state index contributed by atoms with van der Waals surface area (Å²) in [4.78, 5) is 16.9. The molecule has 190 valence electrons. The Balaban J connectivity index is 1.93. The molecule has 4 rings (SSSR count). The SMILES string of the molecule is CNc1nnc2c(-c3ccc(C#CC(C)(C)O)nc3[C@H](Cc3cc(F)cc(F)c3)NC(C)=O)cccn12. The minimum absolute atomic E-state index is 0.0637. The van der Waals surface area contributed by atoms with E-state index in [-0.39, 0.29) is 12.3 Å². The summed E-state index contributed by atoms with van der Waals surface area (Å²) in [6.45, 7) is 4.47. The monoisotopic (exact) mass is 504 g/mol. The molecule has 1 aromatic carbocycles. The fraction of sp³-hybridized carbons (Fsp3) is 0.259. The highest BCUT2D eigenvalue weighted by atomic mass is 19.1. The first-order valence-electron chi connectivity index (χ1n) is 11.5. The van der Waals surface area contributed by atoms with Gasteiger partial charge in [-0.3, -0.25) is 9.20 Å². The van der Waals surface area contributed by atoms with Crippen LogP contribution in [0.2, 0.25) is 0 Å². The highest BCUT2D eigenvalue weighted by Gasteiger charge is 2.23. The zero-order valence-electron chi connectivity index (χ0n) is 20.8. The first kappa shape index (κ1) is 25.7. The van der Waals surface area contributed by atoms with Gasteiger partial charge in [0.1, 0.15) is 22.9 Å². The minimum Gasteiger partial charge on any atom is -0.378 e. The van der Waals surface area contributed by atoms with Crippen molar-refractivity contribution in [1.29, 1.82) is 0 Å². The van der Waals surface area contributed by atoms with E-state index in [0.717, 1.165) is 6.07 Å². The number of aliphatic hydroxyl groups is 1. The van der Waals surface area contributed by atoms with Crippen molar-refractivity contribution in [2.75, 3.05) is 12.4 Å². The molecule has 0 radical (unpaired) electrons. The summed E-state index contributed by atoms with van der Waals surface area (Å²) in [6.07, 6.45) is 1.87. The predicted molar refractivity (Wildman–Crippen MR) is 136 cm³/mol. The number of carbonyl (C=O) groups is 1. The Labute approximate surface area is 212 Å². The van der Waals surface area contributed by atoms with Crippen LogP contribution < -0.4 is 10.6 Å². The van der Waals surface area contributed by atoms with Crippen molar-refractivity contribution in [1.82, 2.24) is 24.9 Å². The van der Waals surface area contributed by atoms with E-state index in [1.54, 1.807) is 37.4 Å². The Kier molecular flexibility index (Phi) is 7.18. The molecular weight excluding hydrogens is 478 g/mol. The summed E-state index contributed by atoms with van der Waals surface area (Å²) in [5.74, 6) is 4.34. The third-order valence-electron chi connectivity index (χ3n) is 5.44. The highest BCUT2D eigenvalue weighted by Crippen LogP contribution is 2.32. The van der Waals surface area contributed by atoms with Crippen molar-refractivity contribution in [2.45, 2.75) is 38.8 Å². The van der Waals surface area contributed by atoms with Gasteiger partial charge in [0.05, 0.1) is 11.7 Å². The number of anilines is 1. The summed E-state index contributed by atoms with van der Waals surface area (Å²) in [5.41, 5.74) is 1.73. The lowest BCUT2D eigenvalue weighted by Gasteiger charge is -2.21. The Morgan fingerprint density at radius 1 is 1.14 bits per heavy atom. The quantitative estimate of drug-likeness (QED) is 0.346. The van der Waals surface area contributed by atoms with E-state index in [9.17, 15) is 18.7 Å². The number of amides is 1. The summed E-state index contributed by atoms with van der Waals surface area (Å²) >= 11 is 0. The van der Waals surface area contributed by atoms with Crippen LogP contribution >= 0.6 is 0 Å². The largest absolute Gasteiger partial charge is 0.378 e. The topological polar surface area (TPSA) is 104 Å². The fourth-order valence-electron chi connectivity index (χ4n) is 3.98. The van der Waals surface area contributed by atoms with Crippen LogP contribution in [0.25, 0.3) is 16.8 Å². The molecule has 0 saturated heterocycles. The molecule has 0 saturated carbocycles. The standard InChI is InChI=1S/C27H26F2N6O2/c1-16(36)31-23(14-17-12-18(28)15-19(29)13-17)24-21(8-7-20(32-24)9-10-27(2,3)37)22-6-5-11-35-25(22)33-34-26(35)30-4/h5-8,11-13,15,23,37H,14H2,1-4H3,(H,30,34)(H,31,36)/t23-/m0/s1. The molecule has 37 heavy (non-hydrogen) atoms. The maximum atomic E-state index is 14.0. The average molecular weight is 505 g/mol. The molecule has 3 aromatic heterocycles. The average Bonchev–Trinajstić information content (AvgIpc) is 3.24. The maximum Gasteiger partial charge on any atom is 0.228 e. The number of rotatable bonds is 6. The molecule has 0 bridgehead atoms. The van der Waals surface area contributed by atoms with Gasteiger partial charge in [0.25, 0.3) is 0 Å². The maximum absolute atomic E-state index is 14.0. The lowest BCUT2D eigenvalue weighted by Crippen LogP contribution is -2.29. The predicted octanol–water partition coefficient (Wildman–Crippen LogP) is 3.65. The number of nitrogens with zero attached hydrogens (tertiary/aromatic N) is 4. The van der Waals surface area contributed by atoms with Gasteiger partial charge in [-0.1, -0.05) is 5.92 Å². The second kappa shape index (κ2) is 10.3. The van der Waals surface area contributed by atoms with Crippen LogP contribution in [0.3, 0.4) is 0 Å². The number of aromatic nitrogens is 4. The van der Waals surface area contributed by atoms with Crippen LogP contribution in [0.5, 0.6) is 0 Å². The van der Waals surface area contributed by atoms with E-state index in [0.29, 0.717) is 39.7 Å². The molecule has 3 N–H and O–H groups in total. The van der Waals surface area contributed by atoms with Crippen molar-refractivity contribution in [2.24, 2.45) is 0 Å². The van der Waals surface area contributed by atoms with Crippen molar-refractivity contribution in [3.63, 3.8) is 0 Å². The normalized spacial score (nSPS) is 12.1. The minimum atomic E-state index is -1.24. The number of nitrogens with one attached hydrogen (secondary N) is 2. The number of hydrogen-bond acceptors (Lipinski definition) is 6. The van der Waals surface area contributed by atoms with Gasteiger partial charge in [0.2, 0.25) is 11.9 Å². The summed E-state index contributed by atoms with van der Waals surface area (Å²) < 4.78 is 29.7. The summed E-state index contributed by atoms with van der Waals surface area (Å²) in [5, 5.41) is 24.3. The van der Waals surface area contributed by atoms with E-state index >= 15 is 0 Å². The van der Waals surface area contributed by atoms with Gasteiger partial charge in [-0.05, 0) is 68.2 Å². The second-order valence-electron chi connectivity index (χ2n) is 9.06. The first-order chi connectivity index (χ1) is 17.5. The molecule has 0 aliphatic carbocycles. The van der Waals surface area contributed by atoms with Gasteiger partial charge >= 0.3 is 0 Å². The van der Waals surface area contributed by atoms with Crippen molar-refractivity contribution >= 4 is 17.5 Å². The van der Waals surface area contributed by atoms with Crippen LogP contribution in [0, 0.1) is 23.5 Å². The van der Waals surface area contributed by atoms with E-state index in [1.807, 2.05) is 18.3 Å². The zero-order chi connectivity index (χ0) is 26.7. The number of fused-ring (bicyclic) bond motifs is 1. The molecule has 4 aromatic rings. The molecule has 1 atom stereocenters. The molecular formula is C27H26F2N6O2. The zero-order valence-corrected chi connectivity index (χ0v) is 20.8. The van der Waals surface area contributed by atoms with Crippen molar-refractivity contribution < 1.29 is 18.7 Å². The lowest BCUT2D eigenvalue weighted by molar-refractivity contribution is -0.119. The molecule has 1 amide bonds. The van der Waals surface area contributed by atoms with Crippen LogP contribution in [-0.4, -0.2) is 43.2 Å². The Hall–Kier alpha value is -4.36. The molecule has 0 spiro atoms. The van der Waals surface area contributed by atoms with Gasteiger partial charge in [-0.15, -0.1) is 10.2 Å². The van der Waals surface area contributed by atoms with Crippen molar-refractivity contribution in [3.8, 4) is 23.0 Å². The Morgan fingerprint density at radius 3 is 2.51 bits per heavy atom. The Morgan fingerprint density at radius 2 is 1.86 bits per heavy atom. The third-order valence-corrected chi connectivity index (χ3v) is 5.44. The molecule has 0 fully saturated rings. The molecule has 0 unspecified atom stereocenters. The van der Waals surface area contributed by atoms with E-state index in [2.05, 4.69) is 32.7 Å². The van der Waals surface area contributed by atoms with Crippen LogP contribution in [0.1, 0.15) is 43.8 Å². The van der Waals surface area contributed by atoms with Gasteiger partial charge < -0.3 is 15.7 Å². The van der Waals surface area contributed by atoms with Crippen LogP contribution in [0.4, 0.5) is 14.7 Å². The Bertz CT molecular complexity index is 1510. The number of pyridine rings is 2. The van der Waals surface area contributed by atoms with E-state index in [4.69, 9.17) is 4.98 Å². The van der Waals surface area contributed by atoms with Crippen molar-refractivity contribution in [3.05, 3.63) is 77.2 Å². The molecule has 0 aliphatic heterocycles. The number of carbonyl (C=O) groups excluding carboxylic acids is 1.